The van der Waals surface area contributed by atoms with E-state index in [-0.39, 0.29) is 45.1 Å². The van der Waals surface area contributed by atoms with Gasteiger partial charge in [0, 0.05) is 11.1 Å². The Kier molecular flexibility index (Phi) is 7.43. The van der Waals surface area contributed by atoms with E-state index in [0.29, 0.717) is 11.5 Å². The molecular formula is C28H20N2O9. The van der Waals surface area contributed by atoms with E-state index in [2.05, 4.69) is 10.6 Å². The van der Waals surface area contributed by atoms with Crippen molar-refractivity contribution in [1.82, 2.24) is 0 Å². The molecule has 4 rings (SSSR count). The highest BCUT2D eigenvalue weighted by molar-refractivity contribution is 6.08. The Labute approximate surface area is 220 Å². The molecule has 0 saturated heterocycles. The van der Waals surface area contributed by atoms with Crippen LogP contribution >= 0.6 is 0 Å². The largest absolute Gasteiger partial charge is 0.508 e. The maximum atomic E-state index is 12.6. The van der Waals surface area contributed by atoms with Gasteiger partial charge in [0.05, 0.1) is 22.5 Å². The number of phenolic OH excluding ortho intramolecular Hbond substituents is 2. The van der Waals surface area contributed by atoms with Crippen molar-refractivity contribution in [2.45, 2.75) is 0 Å². The number of carbonyl (C=O) groups excluding carboxylic acids is 2. The van der Waals surface area contributed by atoms with Gasteiger partial charge in [-0.3, -0.25) is 9.59 Å². The van der Waals surface area contributed by atoms with Crippen molar-refractivity contribution in [3.63, 3.8) is 0 Å². The van der Waals surface area contributed by atoms with Crippen LogP contribution in [0.4, 0.5) is 11.4 Å². The maximum Gasteiger partial charge on any atom is 0.337 e. The first-order valence-electron chi connectivity index (χ1n) is 11.2. The Hall–Kier alpha value is -5.84. The molecule has 4 aromatic rings. The first kappa shape index (κ1) is 26.2. The third-order valence-corrected chi connectivity index (χ3v) is 5.43. The number of aromatic carboxylic acids is 2. The molecule has 0 aromatic heterocycles. The van der Waals surface area contributed by atoms with Gasteiger partial charge in [-0.15, -0.1) is 0 Å². The number of benzene rings is 4. The van der Waals surface area contributed by atoms with Crippen LogP contribution in [0.2, 0.25) is 0 Å². The molecule has 2 amide bonds. The van der Waals surface area contributed by atoms with Gasteiger partial charge in [-0.25, -0.2) is 9.59 Å². The summed E-state index contributed by atoms with van der Waals surface area (Å²) in [4.78, 5) is 47.9. The van der Waals surface area contributed by atoms with Gasteiger partial charge >= 0.3 is 11.9 Å². The van der Waals surface area contributed by atoms with Gasteiger partial charge in [0.15, 0.2) is 0 Å². The standard InChI is InChI=1S/C28H20N2O9/c31-17-5-11-23(21(13-17)27(35)36)29-25(33)15-1-7-19(8-2-15)39-20-9-3-16(4-10-20)26(34)30-24-12-6-18(32)14-22(24)28(37)38/h1-14,31-32H,(H,29,33)(H,30,34)(H,35,36)(H,37,38). The van der Waals surface area contributed by atoms with Gasteiger partial charge in [0.2, 0.25) is 0 Å². The van der Waals surface area contributed by atoms with Crippen molar-refractivity contribution < 1.29 is 44.3 Å². The summed E-state index contributed by atoms with van der Waals surface area (Å²) in [5, 5.41) is 42.5. The molecular weight excluding hydrogens is 508 g/mol. The number of ether oxygens (including phenoxy) is 1. The van der Waals surface area contributed by atoms with Crippen LogP contribution in [0.15, 0.2) is 84.9 Å². The molecule has 0 unspecified atom stereocenters. The van der Waals surface area contributed by atoms with Crippen LogP contribution in [0, 0.1) is 0 Å². The van der Waals surface area contributed by atoms with Crippen LogP contribution in [-0.4, -0.2) is 44.2 Å². The highest BCUT2D eigenvalue weighted by Crippen LogP contribution is 2.26. The van der Waals surface area contributed by atoms with E-state index in [0.717, 1.165) is 12.1 Å². The average Bonchev–Trinajstić information content (AvgIpc) is 2.91. The monoisotopic (exact) mass is 528 g/mol. The van der Waals surface area contributed by atoms with Crippen LogP contribution in [0.5, 0.6) is 23.0 Å². The molecule has 0 fully saturated rings. The number of aromatic hydroxyl groups is 2. The number of anilines is 2. The SMILES string of the molecule is O=C(Nc1ccc(O)cc1C(=O)O)c1ccc(Oc2ccc(C(=O)Nc3ccc(O)cc3C(=O)O)cc2)cc1. The Morgan fingerprint density at radius 1 is 0.538 bits per heavy atom. The lowest BCUT2D eigenvalue weighted by Gasteiger charge is -2.11. The number of amides is 2. The summed E-state index contributed by atoms with van der Waals surface area (Å²) >= 11 is 0. The van der Waals surface area contributed by atoms with E-state index in [1.165, 1.54) is 72.8 Å². The van der Waals surface area contributed by atoms with Crippen molar-refractivity contribution in [3.05, 3.63) is 107 Å². The normalized spacial score (nSPS) is 10.4. The fourth-order valence-electron chi connectivity index (χ4n) is 3.51. The summed E-state index contributed by atoms with van der Waals surface area (Å²) < 4.78 is 5.74. The fourth-order valence-corrected chi connectivity index (χ4v) is 3.51. The summed E-state index contributed by atoms with van der Waals surface area (Å²) in [6, 6.07) is 19.2. The third kappa shape index (κ3) is 6.30. The molecule has 0 aliphatic carbocycles. The van der Waals surface area contributed by atoms with Crippen molar-refractivity contribution in [2.75, 3.05) is 10.6 Å². The van der Waals surface area contributed by atoms with Gasteiger partial charge in [-0.2, -0.15) is 0 Å². The number of hydrogen-bond donors (Lipinski definition) is 6. The number of carbonyl (C=O) groups is 4. The molecule has 4 aromatic carbocycles. The summed E-state index contributed by atoms with van der Waals surface area (Å²) in [6.45, 7) is 0. The second-order valence-corrected chi connectivity index (χ2v) is 8.13. The first-order chi connectivity index (χ1) is 18.6. The predicted octanol–water partition coefficient (Wildman–Crippen LogP) is 4.79. The van der Waals surface area contributed by atoms with E-state index in [1.807, 2.05) is 0 Å². The average molecular weight is 528 g/mol. The smallest absolute Gasteiger partial charge is 0.337 e. The molecule has 0 spiro atoms. The number of nitrogens with one attached hydrogen (secondary N) is 2. The molecule has 0 bridgehead atoms. The summed E-state index contributed by atoms with van der Waals surface area (Å²) in [6.07, 6.45) is 0. The molecule has 39 heavy (non-hydrogen) atoms. The van der Waals surface area contributed by atoms with Crippen molar-refractivity contribution >= 4 is 35.1 Å². The summed E-state index contributed by atoms with van der Waals surface area (Å²) in [5.41, 5.74) is -0.00201. The first-order valence-corrected chi connectivity index (χ1v) is 11.2. The van der Waals surface area contributed by atoms with E-state index in [9.17, 15) is 39.6 Å². The van der Waals surface area contributed by atoms with Gasteiger partial charge in [0.25, 0.3) is 11.8 Å². The zero-order valence-corrected chi connectivity index (χ0v) is 19.9. The predicted molar refractivity (Wildman–Crippen MR) is 139 cm³/mol. The molecule has 0 radical (unpaired) electrons. The van der Waals surface area contributed by atoms with Crippen molar-refractivity contribution in [1.29, 1.82) is 0 Å². The molecule has 0 saturated carbocycles. The topological polar surface area (TPSA) is 182 Å². The summed E-state index contributed by atoms with van der Waals surface area (Å²) in [7, 11) is 0. The van der Waals surface area contributed by atoms with E-state index < -0.39 is 23.8 Å². The van der Waals surface area contributed by atoms with Crippen LogP contribution in [0.3, 0.4) is 0 Å². The number of carboxylic acids is 2. The third-order valence-electron chi connectivity index (χ3n) is 5.43. The Balaban J connectivity index is 1.40. The van der Waals surface area contributed by atoms with Crippen LogP contribution < -0.4 is 15.4 Å². The Bertz CT molecular complexity index is 1460. The molecule has 11 heteroatoms. The minimum Gasteiger partial charge on any atom is -0.508 e. The lowest BCUT2D eigenvalue weighted by Crippen LogP contribution is -2.14. The fraction of sp³-hybridized carbons (Fsp3) is 0. The van der Waals surface area contributed by atoms with E-state index >= 15 is 0 Å². The quantitative estimate of drug-likeness (QED) is 0.175. The van der Waals surface area contributed by atoms with Crippen molar-refractivity contribution in [2.24, 2.45) is 0 Å². The highest BCUT2D eigenvalue weighted by atomic mass is 16.5. The van der Waals surface area contributed by atoms with E-state index in [4.69, 9.17) is 4.74 Å². The lowest BCUT2D eigenvalue weighted by atomic mass is 10.1. The number of phenols is 2. The number of hydrogen-bond acceptors (Lipinski definition) is 7. The van der Waals surface area contributed by atoms with Gasteiger partial charge in [0.1, 0.15) is 23.0 Å². The zero-order chi connectivity index (χ0) is 28.1. The molecule has 0 aliphatic rings. The van der Waals surface area contributed by atoms with Crippen LogP contribution in [-0.2, 0) is 0 Å². The van der Waals surface area contributed by atoms with Gasteiger partial charge in [-0.05, 0) is 84.9 Å². The molecule has 11 nitrogen and oxygen atoms in total. The Morgan fingerprint density at radius 3 is 1.23 bits per heavy atom. The molecule has 6 N–H and O–H groups in total. The summed E-state index contributed by atoms with van der Waals surface area (Å²) in [5.74, 6) is -3.47. The van der Waals surface area contributed by atoms with Gasteiger partial charge < -0.3 is 35.8 Å². The molecule has 196 valence electrons. The molecule has 0 atom stereocenters. The molecule has 0 aliphatic heterocycles. The van der Waals surface area contributed by atoms with E-state index in [1.54, 1.807) is 0 Å². The number of carboxylic acid groups (broad SMARTS) is 2. The zero-order valence-electron chi connectivity index (χ0n) is 19.9. The second kappa shape index (κ2) is 11.0. The van der Waals surface area contributed by atoms with Crippen LogP contribution in [0.25, 0.3) is 0 Å². The lowest BCUT2D eigenvalue weighted by molar-refractivity contribution is 0.0686. The second-order valence-electron chi connectivity index (χ2n) is 8.13. The number of rotatable bonds is 8. The minimum absolute atomic E-state index is 0.0272. The van der Waals surface area contributed by atoms with Crippen molar-refractivity contribution in [3.8, 4) is 23.0 Å². The highest BCUT2D eigenvalue weighted by Gasteiger charge is 2.16. The molecule has 0 heterocycles. The van der Waals surface area contributed by atoms with Gasteiger partial charge in [-0.1, -0.05) is 0 Å². The minimum atomic E-state index is -1.31. The maximum absolute atomic E-state index is 12.6. The van der Waals surface area contributed by atoms with Crippen LogP contribution in [0.1, 0.15) is 41.4 Å². The Morgan fingerprint density at radius 2 is 0.897 bits per heavy atom.